The number of fused-ring (bicyclic) bond motifs is 1. The van der Waals surface area contributed by atoms with Gasteiger partial charge in [0.1, 0.15) is 17.3 Å². The highest BCUT2D eigenvalue weighted by Gasteiger charge is 2.69. The molecular formula is C24H23F4N3O4S. The molecule has 36 heavy (non-hydrogen) atoms. The van der Waals surface area contributed by atoms with Crippen molar-refractivity contribution in [3.05, 3.63) is 53.7 Å². The van der Waals surface area contributed by atoms with Crippen LogP contribution in [0.15, 0.2) is 40.9 Å². The van der Waals surface area contributed by atoms with Crippen molar-refractivity contribution in [3.63, 3.8) is 0 Å². The molecule has 1 spiro atoms. The topological polar surface area (TPSA) is 92.5 Å². The molecule has 1 amide bonds. The van der Waals surface area contributed by atoms with Crippen LogP contribution in [-0.4, -0.2) is 55.7 Å². The van der Waals surface area contributed by atoms with Gasteiger partial charge in [-0.3, -0.25) is 4.79 Å². The van der Waals surface area contributed by atoms with Gasteiger partial charge in [0.15, 0.2) is 5.58 Å². The molecule has 192 valence electrons. The smallest absolute Gasteiger partial charge is 0.257 e. The summed E-state index contributed by atoms with van der Waals surface area (Å²) in [5.41, 5.74) is -1.27. The molecule has 1 N–H and O–H groups in total. The van der Waals surface area contributed by atoms with E-state index < -0.39 is 51.4 Å². The number of hydrogen-bond acceptors (Lipinski definition) is 5. The first-order chi connectivity index (χ1) is 16.9. The van der Waals surface area contributed by atoms with Crippen molar-refractivity contribution in [2.45, 2.75) is 37.6 Å². The highest BCUT2D eigenvalue weighted by atomic mass is 32.2. The lowest BCUT2D eigenvalue weighted by Crippen LogP contribution is -2.38. The monoisotopic (exact) mass is 525 g/mol. The molecule has 2 unspecified atom stereocenters. The minimum Gasteiger partial charge on any atom is -0.356 e. The highest BCUT2D eigenvalue weighted by Crippen LogP contribution is 2.61. The molecular weight excluding hydrogens is 502 g/mol. The second kappa shape index (κ2) is 8.55. The zero-order chi connectivity index (χ0) is 25.9. The number of likely N-dealkylation sites (tertiary alicyclic amines) is 1. The fraction of sp³-hybridized carbons (Fsp3) is 0.417. The van der Waals surface area contributed by atoms with Gasteiger partial charge in [0.25, 0.3) is 5.92 Å². The summed E-state index contributed by atoms with van der Waals surface area (Å²) in [6, 6.07) is 7.19. The number of nitrogens with one attached hydrogen (secondary N) is 1. The molecule has 2 aromatic carbocycles. The first kappa shape index (κ1) is 24.7. The molecule has 2 atom stereocenters. The van der Waals surface area contributed by atoms with Crippen LogP contribution < -0.4 is 4.72 Å². The van der Waals surface area contributed by atoms with Crippen molar-refractivity contribution in [2.24, 2.45) is 5.41 Å². The van der Waals surface area contributed by atoms with E-state index >= 15 is 0 Å². The van der Waals surface area contributed by atoms with Crippen LogP contribution in [0.3, 0.4) is 0 Å². The molecule has 1 aliphatic heterocycles. The molecule has 5 rings (SSSR count). The number of alkyl halides is 2. The van der Waals surface area contributed by atoms with Crippen LogP contribution >= 0.6 is 0 Å². The molecule has 12 heteroatoms. The molecule has 2 aliphatic rings. The highest BCUT2D eigenvalue weighted by molar-refractivity contribution is 7.88. The average molecular weight is 526 g/mol. The minimum atomic E-state index is -3.65. The van der Waals surface area contributed by atoms with E-state index in [1.165, 1.54) is 17.0 Å². The van der Waals surface area contributed by atoms with Crippen LogP contribution in [-0.2, 0) is 21.2 Å². The second-order valence-corrected chi connectivity index (χ2v) is 11.2. The third-order valence-electron chi connectivity index (χ3n) is 7.16. The van der Waals surface area contributed by atoms with Crippen LogP contribution in [0.25, 0.3) is 22.1 Å². The lowest BCUT2D eigenvalue weighted by Gasteiger charge is -2.25. The van der Waals surface area contributed by atoms with Crippen molar-refractivity contribution in [3.8, 4) is 11.1 Å². The van der Waals surface area contributed by atoms with Crippen LogP contribution in [0, 0.1) is 17.0 Å². The number of benzene rings is 2. The molecule has 2 heterocycles. The maximum Gasteiger partial charge on any atom is 0.257 e. The van der Waals surface area contributed by atoms with Crippen molar-refractivity contribution in [1.29, 1.82) is 0 Å². The Morgan fingerprint density at radius 2 is 1.81 bits per heavy atom. The van der Waals surface area contributed by atoms with Gasteiger partial charge in [-0.1, -0.05) is 23.4 Å². The maximum atomic E-state index is 15.0. The molecule has 7 nitrogen and oxygen atoms in total. The van der Waals surface area contributed by atoms with Gasteiger partial charge >= 0.3 is 0 Å². The standard InChI is InChI=1S/C24H23F4N3O4S/c1-36(33,34)30-19-13-23(19)8-10-31(11-9-24(23,27)28)20(32)12-17-22-14(4-2-7-18(22)35-29-17)21-15(25)5-3-6-16(21)26/h2-7,19,30H,8-13H2,1H3. The Labute approximate surface area is 204 Å². The van der Waals surface area contributed by atoms with E-state index in [-0.39, 0.29) is 60.1 Å². The molecule has 1 aromatic heterocycles. The van der Waals surface area contributed by atoms with Crippen LogP contribution in [0.5, 0.6) is 0 Å². The van der Waals surface area contributed by atoms with Gasteiger partial charge in [-0.05, 0) is 31.0 Å². The third-order valence-corrected chi connectivity index (χ3v) is 7.87. The third kappa shape index (κ3) is 4.26. The minimum absolute atomic E-state index is 0.000583. The summed E-state index contributed by atoms with van der Waals surface area (Å²) in [5.74, 6) is -5.22. The van der Waals surface area contributed by atoms with E-state index in [1.54, 1.807) is 12.1 Å². The molecule has 1 saturated heterocycles. The first-order valence-corrected chi connectivity index (χ1v) is 13.3. The number of nitrogens with zero attached hydrogens (tertiary/aromatic N) is 2. The summed E-state index contributed by atoms with van der Waals surface area (Å²) in [7, 11) is -3.65. The number of amides is 1. The van der Waals surface area contributed by atoms with E-state index in [1.807, 2.05) is 0 Å². The molecule has 2 fully saturated rings. The molecule has 1 saturated carbocycles. The summed E-state index contributed by atoms with van der Waals surface area (Å²) in [5, 5.41) is 4.20. The van der Waals surface area contributed by atoms with E-state index in [2.05, 4.69) is 9.88 Å². The fourth-order valence-electron chi connectivity index (χ4n) is 5.20. The number of carbonyl (C=O) groups is 1. The molecule has 1 aliphatic carbocycles. The number of sulfonamides is 1. The van der Waals surface area contributed by atoms with E-state index in [0.717, 1.165) is 18.4 Å². The summed E-state index contributed by atoms with van der Waals surface area (Å²) in [6.45, 7) is -0.204. The molecule has 0 bridgehead atoms. The maximum absolute atomic E-state index is 15.0. The predicted octanol–water partition coefficient (Wildman–Crippen LogP) is 3.88. The summed E-state index contributed by atoms with van der Waals surface area (Å²) >= 11 is 0. The normalized spacial score (nSPS) is 23.7. The quantitative estimate of drug-likeness (QED) is 0.511. The van der Waals surface area contributed by atoms with Gasteiger partial charge in [-0.15, -0.1) is 0 Å². The van der Waals surface area contributed by atoms with E-state index in [4.69, 9.17) is 4.52 Å². The molecule has 0 radical (unpaired) electrons. The van der Waals surface area contributed by atoms with Gasteiger partial charge in [-0.25, -0.2) is 30.7 Å². The Bertz CT molecular complexity index is 1440. The Morgan fingerprint density at radius 1 is 1.14 bits per heavy atom. The van der Waals surface area contributed by atoms with Crippen molar-refractivity contribution < 1.29 is 35.3 Å². The number of rotatable bonds is 5. The number of aromatic nitrogens is 1. The zero-order valence-corrected chi connectivity index (χ0v) is 20.0. The van der Waals surface area contributed by atoms with E-state index in [9.17, 15) is 30.8 Å². The lowest BCUT2D eigenvalue weighted by molar-refractivity contribution is -0.130. The van der Waals surface area contributed by atoms with Crippen molar-refractivity contribution in [2.75, 3.05) is 19.3 Å². The van der Waals surface area contributed by atoms with Crippen molar-refractivity contribution >= 4 is 26.9 Å². The molecule has 3 aromatic rings. The van der Waals surface area contributed by atoms with Crippen LogP contribution in [0.4, 0.5) is 17.6 Å². The van der Waals surface area contributed by atoms with E-state index in [0.29, 0.717) is 0 Å². The summed E-state index contributed by atoms with van der Waals surface area (Å²) < 4.78 is 89.7. The number of halogens is 4. The van der Waals surface area contributed by atoms with Gasteiger partial charge in [0, 0.05) is 31.1 Å². The van der Waals surface area contributed by atoms with Gasteiger partial charge in [0.2, 0.25) is 15.9 Å². The average Bonchev–Trinajstić information content (AvgIpc) is 3.36. The Kier molecular flexibility index (Phi) is 5.86. The van der Waals surface area contributed by atoms with Crippen molar-refractivity contribution in [1.82, 2.24) is 14.8 Å². The Morgan fingerprint density at radius 3 is 2.50 bits per heavy atom. The Balaban J connectivity index is 1.39. The Hall–Kier alpha value is -2.99. The predicted molar refractivity (Wildman–Crippen MR) is 123 cm³/mol. The largest absolute Gasteiger partial charge is 0.356 e. The number of carbonyl (C=O) groups excluding carboxylic acids is 1. The van der Waals surface area contributed by atoms with Crippen LogP contribution in [0.2, 0.25) is 0 Å². The fourth-order valence-corrected chi connectivity index (χ4v) is 6.02. The number of hydrogen-bond donors (Lipinski definition) is 1. The summed E-state index contributed by atoms with van der Waals surface area (Å²) in [4.78, 5) is 14.4. The van der Waals surface area contributed by atoms with Gasteiger partial charge < -0.3 is 9.42 Å². The second-order valence-electron chi connectivity index (χ2n) is 9.47. The first-order valence-electron chi connectivity index (χ1n) is 11.4. The lowest BCUT2D eigenvalue weighted by atomic mass is 9.92. The van der Waals surface area contributed by atoms with Gasteiger partial charge in [0.05, 0.1) is 29.0 Å². The summed E-state index contributed by atoms with van der Waals surface area (Å²) in [6.07, 6.45) is -0.0618. The SMILES string of the molecule is CS(=O)(=O)NC1CC12CCN(C(=O)Cc1noc3cccc(-c4c(F)cccc4F)c13)CCC2(F)F. The van der Waals surface area contributed by atoms with Crippen LogP contribution in [0.1, 0.15) is 25.0 Å². The van der Waals surface area contributed by atoms with Gasteiger partial charge in [-0.2, -0.15) is 0 Å². The zero-order valence-electron chi connectivity index (χ0n) is 19.2.